The molecule has 22 heavy (non-hydrogen) atoms. The minimum Gasteiger partial charge on any atom is -0.481 e. The van der Waals surface area contributed by atoms with Crippen molar-refractivity contribution in [2.75, 3.05) is 7.11 Å². The van der Waals surface area contributed by atoms with Crippen molar-refractivity contribution < 1.29 is 29.1 Å². The van der Waals surface area contributed by atoms with Gasteiger partial charge in [-0.2, -0.15) is 0 Å². The van der Waals surface area contributed by atoms with Gasteiger partial charge >= 0.3 is 12.1 Å². The zero-order valence-corrected chi connectivity index (χ0v) is 12.1. The summed E-state index contributed by atoms with van der Waals surface area (Å²) >= 11 is 0. The number of hydroxylamine groups is 1. The van der Waals surface area contributed by atoms with Gasteiger partial charge in [0, 0.05) is 6.42 Å². The first-order chi connectivity index (χ1) is 10.5. The summed E-state index contributed by atoms with van der Waals surface area (Å²) in [7, 11) is 1.24. The van der Waals surface area contributed by atoms with Gasteiger partial charge in [-0.3, -0.25) is 14.4 Å². The predicted molar refractivity (Wildman–Crippen MR) is 75.6 cm³/mol. The minimum absolute atomic E-state index is 0.0459. The summed E-state index contributed by atoms with van der Waals surface area (Å²) in [4.78, 5) is 38.4. The Morgan fingerprint density at radius 2 is 1.91 bits per heavy atom. The molecule has 0 saturated heterocycles. The highest BCUT2D eigenvalue weighted by molar-refractivity contribution is 5.85. The Bertz CT molecular complexity index is 505. The summed E-state index contributed by atoms with van der Waals surface area (Å²) in [5.41, 5.74) is 2.84. The zero-order valence-electron chi connectivity index (χ0n) is 12.1. The Hall–Kier alpha value is -2.61. The molecule has 0 bridgehead atoms. The van der Waals surface area contributed by atoms with Crippen molar-refractivity contribution in [1.29, 1.82) is 0 Å². The van der Waals surface area contributed by atoms with Crippen molar-refractivity contribution in [1.82, 2.24) is 10.8 Å². The van der Waals surface area contributed by atoms with Crippen molar-refractivity contribution in [2.45, 2.75) is 25.5 Å². The zero-order chi connectivity index (χ0) is 16.4. The molecule has 0 spiro atoms. The first-order valence-corrected chi connectivity index (χ1v) is 6.54. The number of hydrogen-bond donors (Lipinski definition) is 3. The maximum atomic E-state index is 11.7. The second kappa shape index (κ2) is 9.35. The number of carbonyl (C=O) groups excluding carboxylic acids is 2. The molecule has 0 fully saturated rings. The van der Waals surface area contributed by atoms with Crippen LogP contribution in [0.4, 0.5) is 4.79 Å². The molecule has 0 aliphatic rings. The molecule has 0 aliphatic carbocycles. The van der Waals surface area contributed by atoms with Gasteiger partial charge in [0.15, 0.2) is 0 Å². The number of carbonyl (C=O) groups is 3. The number of hydrogen-bond acceptors (Lipinski definition) is 5. The number of ether oxygens (including phenoxy) is 1. The Morgan fingerprint density at radius 1 is 1.23 bits per heavy atom. The van der Waals surface area contributed by atoms with Gasteiger partial charge in [0.1, 0.15) is 12.6 Å². The highest BCUT2D eigenvalue weighted by atomic mass is 16.6. The number of nitrogens with one attached hydrogen (secondary N) is 2. The Kier molecular flexibility index (Phi) is 7.41. The molecule has 1 unspecified atom stereocenters. The van der Waals surface area contributed by atoms with Crippen LogP contribution in [0.2, 0.25) is 0 Å². The number of aliphatic carboxylic acids is 1. The highest BCUT2D eigenvalue weighted by Crippen LogP contribution is 2.03. The lowest BCUT2D eigenvalue weighted by molar-refractivity contribution is -0.138. The number of benzene rings is 1. The molecule has 1 aromatic rings. The van der Waals surface area contributed by atoms with E-state index in [0.717, 1.165) is 5.56 Å². The molecule has 1 rings (SSSR count). The lowest BCUT2D eigenvalue weighted by Gasteiger charge is -2.16. The van der Waals surface area contributed by atoms with Gasteiger partial charge in [0.05, 0.1) is 7.11 Å². The number of rotatable bonds is 8. The molecule has 0 heterocycles. The lowest BCUT2D eigenvalue weighted by atomic mass is 10.1. The van der Waals surface area contributed by atoms with Crippen LogP contribution in [0.15, 0.2) is 30.3 Å². The summed E-state index contributed by atoms with van der Waals surface area (Å²) < 4.78 is 4.98. The van der Waals surface area contributed by atoms with E-state index in [1.807, 2.05) is 11.5 Å². The monoisotopic (exact) mass is 310 g/mol. The Balaban J connectivity index is 2.50. The van der Waals surface area contributed by atoms with Gasteiger partial charge in [-0.05, 0) is 12.0 Å². The largest absolute Gasteiger partial charge is 0.481 e. The lowest BCUT2D eigenvalue weighted by Crippen LogP contribution is -2.46. The van der Waals surface area contributed by atoms with Crippen LogP contribution in [0, 0.1) is 0 Å². The van der Waals surface area contributed by atoms with E-state index < -0.39 is 24.0 Å². The maximum Gasteiger partial charge on any atom is 0.408 e. The molecule has 1 atom stereocenters. The summed E-state index contributed by atoms with van der Waals surface area (Å²) in [5, 5.41) is 11.0. The fourth-order valence-electron chi connectivity index (χ4n) is 1.62. The normalized spacial score (nSPS) is 11.3. The molecular formula is C14H18N2O6. The van der Waals surface area contributed by atoms with E-state index >= 15 is 0 Å². The van der Waals surface area contributed by atoms with Crippen molar-refractivity contribution in [3.63, 3.8) is 0 Å². The van der Waals surface area contributed by atoms with Gasteiger partial charge in [0.2, 0.25) is 0 Å². The number of alkyl carbamates (subject to hydrolysis) is 1. The minimum atomic E-state index is -1.07. The first-order valence-electron chi connectivity index (χ1n) is 6.54. The summed E-state index contributed by atoms with van der Waals surface area (Å²) in [6, 6.07) is 7.95. The van der Waals surface area contributed by atoms with E-state index in [0.29, 0.717) is 0 Å². The SMILES string of the molecule is CONC(=O)C(CCC(=O)O)NC(=O)OCc1ccccc1. The van der Waals surface area contributed by atoms with Crippen molar-refractivity contribution in [3.8, 4) is 0 Å². The average molecular weight is 310 g/mol. The van der Waals surface area contributed by atoms with Gasteiger partial charge in [-0.25, -0.2) is 10.3 Å². The number of carboxylic acid groups (broad SMARTS) is 1. The third kappa shape index (κ3) is 6.71. The molecule has 120 valence electrons. The summed E-state index contributed by atoms with van der Waals surface area (Å²) in [6.07, 6.45) is -1.17. The van der Waals surface area contributed by atoms with Crippen LogP contribution in [0.1, 0.15) is 18.4 Å². The molecule has 8 heteroatoms. The van der Waals surface area contributed by atoms with Gasteiger partial charge in [-0.1, -0.05) is 30.3 Å². The van der Waals surface area contributed by atoms with E-state index in [-0.39, 0.29) is 19.4 Å². The second-order valence-corrected chi connectivity index (χ2v) is 4.36. The van der Waals surface area contributed by atoms with Gasteiger partial charge in [0.25, 0.3) is 5.91 Å². The second-order valence-electron chi connectivity index (χ2n) is 4.36. The molecule has 0 radical (unpaired) electrons. The molecule has 1 aromatic carbocycles. The first kappa shape index (κ1) is 17.4. The van der Waals surface area contributed by atoms with Crippen LogP contribution in [0.25, 0.3) is 0 Å². The molecule has 0 aromatic heterocycles. The summed E-state index contributed by atoms with van der Waals surface area (Å²) in [6.45, 7) is 0.0459. The van der Waals surface area contributed by atoms with Crippen molar-refractivity contribution in [3.05, 3.63) is 35.9 Å². The van der Waals surface area contributed by atoms with Gasteiger partial charge in [-0.15, -0.1) is 0 Å². The molecule has 3 N–H and O–H groups in total. The topological polar surface area (TPSA) is 114 Å². The van der Waals surface area contributed by atoms with Crippen LogP contribution in [-0.2, 0) is 25.8 Å². The van der Waals surface area contributed by atoms with Crippen LogP contribution >= 0.6 is 0 Å². The quantitative estimate of drug-likeness (QED) is 0.613. The average Bonchev–Trinajstić information content (AvgIpc) is 2.50. The summed E-state index contributed by atoms with van der Waals surface area (Å²) in [5.74, 6) is -1.73. The predicted octanol–water partition coefficient (Wildman–Crippen LogP) is 0.824. The van der Waals surface area contributed by atoms with Crippen LogP contribution in [-0.4, -0.2) is 36.2 Å². The molecule has 0 saturated carbocycles. The van der Waals surface area contributed by atoms with Gasteiger partial charge < -0.3 is 15.2 Å². The number of amides is 2. The van der Waals surface area contributed by atoms with Crippen molar-refractivity contribution in [2.24, 2.45) is 0 Å². The van der Waals surface area contributed by atoms with Crippen LogP contribution in [0.5, 0.6) is 0 Å². The maximum absolute atomic E-state index is 11.7. The number of carboxylic acids is 1. The van der Waals surface area contributed by atoms with E-state index in [2.05, 4.69) is 10.2 Å². The molecule has 0 aliphatic heterocycles. The van der Waals surface area contributed by atoms with Crippen molar-refractivity contribution >= 4 is 18.0 Å². The third-order valence-corrected chi connectivity index (χ3v) is 2.67. The fraction of sp³-hybridized carbons (Fsp3) is 0.357. The van der Waals surface area contributed by atoms with E-state index in [4.69, 9.17) is 9.84 Å². The fourth-order valence-corrected chi connectivity index (χ4v) is 1.62. The van der Waals surface area contributed by atoms with E-state index in [1.54, 1.807) is 24.3 Å². The Morgan fingerprint density at radius 3 is 2.50 bits per heavy atom. The smallest absolute Gasteiger partial charge is 0.408 e. The van der Waals surface area contributed by atoms with E-state index in [1.165, 1.54) is 7.11 Å². The molecule has 8 nitrogen and oxygen atoms in total. The van der Waals surface area contributed by atoms with Crippen LogP contribution < -0.4 is 10.8 Å². The third-order valence-electron chi connectivity index (χ3n) is 2.67. The molecule has 2 amide bonds. The Labute approximate surface area is 127 Å². The van der Waals surface area contributed by atoms with Crippen LogP contribution in [0.3, 0.4) is 0 Å². The highest BCUT2D eigenvalue weighted by Gasteiger charge is 2.22. The standard InChI is InChI=1S/C14H18N2O6/c1-21-16-13(19)11(7-8-12(17)18)15-14(20)22-9-10-5-3-2-4-6-10/h2-6,11H,7-9H2,1H3,(H,15,20)(H,16,19)(H,17,18). The molecular weight excluding hydrogens is 292 g/mol. The van der Waals surface area contributed by atoms with E-state index in [9.17, 15) is 14.4 Å².